The summed E-state index contributed by atoms with van der Waals surface area (Å²) in [6.07, 6.45) is 0. The molecule has 0 unspecified atom stereocenters. The van der Waals surface area contributed by atoms with Gasteiger partial charge in [0.05, 0.1) is 5.71 Å². The van der Waals surface area contributed by atoms with Gasteiger partial charge < -0.3 is 0 Å². The molecule has 0 amide bonds. The van der Waals surface area contributed by atoms with Crippen molar-refractivity contribution in [2.75, 3.05) is 0 Å². The van der Waals surface area contributed by atoms with Crippen LogP contribution in [0.4, 0.5) is 0 Å². The molecule has 0 spiro atoms. The molecule has 1 heterocycles. The molecule has 0 atom stereocenters. The molecule has 68 valence electrons. The maximum atomic E-state index is 10.8. The topological polar surface area (TPSA) is 58.9 Å². The van der Waals surface area contributed by atoms with Crippen LogP contribution in [0.3, 0.4) is 0 Å². The van der Waals surface area contributed by atoms with E-state index in [9.17, 15) is 8.42 Å². The van der Waals surface area contributed by atoms with Gasteiger partial charge in [0.25, 0.3) is 0 Å². The van der Waals surface area contributed by atoms with Crippen LogP contribution in [0.1, 0.15) is 20.8 Å². The van der Waals surface area contributed by atoms with Gasteiger partial charge in [-0.05, 0) is 0 Å². The lowest BCUT2D eigenvalue weighted by Gasteiger charge is -2.15. The number of hydrogen-bond acceptors (Lipinski definition) is 2. The lowest BCUT2D eigenvalue weighted by molar-refractivity contribution is 0.590. The van der Waals surface area contributed by atoms with Gasteiger partial charge in [0.15, 0.2) is 5.17 Å². The fraction of sp³-hybridized carbons (Fsp3) is 0.667. The second-order valence-electron chi connectivity index (χ2n) is 3.52. The summed E-state index contributed by atoms with van der Waals surface area (Å²) in [6.45, 7) is 5.47. The molecular weight excluding hydrogens is 200 g/mol. The highest BCUT2D eigenvalue weighted by atomic mass is 35.5. The molecule has 0 aromatic rings. The Morgan fingerprint density at radius 3 is 1.92 bits per heavy atom. The highest BCUT2D eigenvalue weighted by Crippen LogP contribution is 2.24. The van der Waals surface area contributed by atoms with Crippen molar-refractivity contribution in [3.8, 4) is 0 Å². The third-order valence-electron chi connectivity index (χ3n) is 1.31. The minimum absolute atomic E-state index is 0.0255. The van der Waals surface area contributed by atoms with E-state index in [1.165, 1.54) is 0 Å². The van der Waals surface area contributed by atoms with Crippen LogP contribution in [-0.2, 0) is 10.2 Å². The van der Waals surface area contributed by atoms with Gasteiger partial charge in [-0.25, -0.2) is 0 Å². The molecule has 0 saturated heterocycles. The highest BCUT2D eigenvalue weighted by molar-refractivity contribution is 7.90. The molecule has 0 fully saturated rings. The summed E-state index contributed by atoms with van der Waals surface area (Å²) in [5.41, 5.74) is -0.0615. The first kappa shape index (κ1) is 9.67. The van der Waals surface area contributed by atoms with Crippen LogP contribution in [-0.4, -0.2) is 19.3 Å². The van der Waals surface area contributed by atoms with E-state index in [2.05, 4.69) is 8.80 Å². The fourth-order valence-electron chi connectivity index (χ4n) is 0.764. The van der Waals surface area contributed by atoms with Gasteiger partial charge in [-0.2, -0.15) is 8.42 Å². The second kappa shape index (κ2) is 2.53. The van der Waals surface area contributed by atoms with Crippen molar-refractivity contribution in [2.45, 2.75) is 20.8 Å². The summed E-state index contributed by atoms with van der Waals surface area (Å²) in [4.78, 5) is 0. The Labute approximate surface area is 76.5 Å². The summed E-state index contributed by atoms with van der Waals surface area (Å²) >= 11 is 5.59. The quantitative estimate of drug-likeness (QED) is 0.604. The molecule has 1 aliphatic heterocycles. The number of nitrogens with zero attached hydrogens (tertiary/aromatic N) is 2. The van der Waals surface area contributed by atoms with Crippen molar-refractivity contribution >= 4 is 32.7 Å². The standard InChI is InChI=1S/C6H9ClN2O2S/c1-6(2,3)4-5(7)9-12(10,11)8-4/h1-3H3. The van der Waals surface area contributed by atoms with E-state index in [1.807, 2.05) is 20.8 Å². The second-order valence-corrected chi connectivity index (χ2v) is 5.14. The lowest BCUT2D eigenvalue weighted by atomic mass is 9.91. The predicted octanol–water partition coefficient (Wildman–Crippen LogP) is 1.37. The average Bonchev–Trinajstić information content (AvgIpc) is 2.03. The molecule has 0 saturated carbocycles. The fourth-order valence-corrected chi connectivity index (χ4v) is 2.32. The number of halogens is 1. The zero-order valence-corrected chi connectivity index (χ0v) is 8.57. The number of rotatable bonds is 0. The van der Waals surface area contributed by atoms with E-state index in [1.54, 1.807) is 0 Å². The van der Waals surface area contributed by atoms with E-state index >= 15 is 0 Å². The molecule has 0 aromatic heterocycles. The summed E-state index contributed by atoms with van der Waals surface area (Å²) < 4.78 is 28.3. The van der Waals surface area contributed by atoms with Crippen LogP contribution in [0.5, 0.6) is 0 Å². The zero-order valence-electron chi connectivity index (χ0n) is 7.00. The maximum Gasteiger partial charge on any atom is 0.364 e. The summed E-state index contributed by atoms with van der Waals surface area (Å²) in [5, 5.41) is -0.0255. The molecule has 0 N–H and O–H groups in total. The summed E-state index contributed by atoms with van der Waals surface area (Å²) in [6, 6.07) is 0. The van der Waals surface area contributed by atoms with E-state index in [-0.39, 0.29) is 10.6 Å². The lowest BCUT2D eigenvalue weighted by Crippen LogP contribution is -2.23. The molecule has 0 bridgehead atoms. The Morgan fingerprint density at radius 2 is 1.75 bits per heavy atom. The third kappa shape index (κ3) is 1.84. The van der Waals surface area contributed by atoms with Crippen LogP contribution >= 0.6 is 11.6 Å². The summed E-state index contributed by atoms with van der Waals surface area (Å²) in [5.74, 6) is 0. The van der Waals surface area contributed by atoms with Crippen LogP contribution in [0.2, 0.25) is 0 Å². The Bertz CT molecular complexity index is 361. The third-order valence-corrected chi connectivity index (χ3v) is 2.50. The Kier molecular flexibility index (Phi) is 2.04. The molecule has 0 aromatic carbocycles. The first-order valence-corrected chi connectivity index (χ1v) is 5.11. The predicted molar refractivity (Wildman–Crippen MR) is 49.1 cm³/mol. The minimum Gasteiger partial charge on any atom is -0.179 e. The van der Waals surface area contributed by atoms with Crippen molar-refractivity contribution in [3.05, 3.63) is 0 Å². The van der Waals surface area contributed by atoms with Crippen molar-refractivity contribution < 1.29 is 8.42 Å². The molecule has 0 radical (unpaired) electrons. The first-order valence-electron chi connectivity index (χ1n) is 3.33. The molecular formula is C6H9ClN2O2S. The van der Waals surface area contributed by atoms with Gasteiger partial charge in [0.2, 0.25) is 0 Å². The van der Waals surface area contributed by atoms with Crippen molar-refractivity contribution in [2.24, 2.45) is 14.2 Å². The van der Waals surface area contributed by atoms with Gasteiger partial charge >= 0.3 is 10.2 Å². The largest absolute Gasteiger partial charge is 0.364 e. The normalized spacial score (nSPS) is 22.0. The average molecular weight is 209 g/mol. The Hall–Kier alpha value is -0.420. The van der Waals surface area contributed by atoms with Crippen molar-refractivity contribution in [1.82, 2.24) is 0 Å². The van der Waals surface area contributed by atoms with E-state index in [4.69, 9.17) is 11.6 Å². The smallest absolute Gasteiger partial charge is 0.179 e. The van der Waals surface area contributed by atoms with E-state index in [0.717, 1.165) is 0 Å². The SMILES string of the molecule is CC(C)(C)C1=NS(=O)(=O)N=C1Cl. The summed E-state index contributed by atoms with van der Waals surface area (Å²) in [7, 11) is -3.68. The molecule has 6 heteroatoms. The molecule has 1 aliphatic rings. The highest BCUT2D eigenvalue weighted by Gasteiger charge is 2.31. The van der Waals surface area contributed by atoms with Crippen LogP contribution in [0.25, 0.3) is 0 Å². The van der Waals surface area contributed by atoms with Gasteiger partial charge in [0.1, 0.15) is 0 Å². The van der Waals surface area contributed by atoms with Gasteiger partial charge in [-0.15, -0.1) is 8.80 Å². The molecule has 0 aliphatic carbocycles. The molecule has 4 nitrogen and oxygen atoms in total. The van der Waals surface area contributed by atoms with E-state index in [0.29, 0.717) is 5.71 Å². The molecule has 1 rings (SSSR count). The van der Waals surface area contributed by atoms with Gasteiger partial charge in [0, 0.05) is 5.41 Å². The van der Waals surface area contributed by atoms with Crippen LogP contribution < -0.4 is 0 Å². The minimum atomic E-state index is -3.68. The molecule has 12 heavy (non-hydrogen) atoms. The van der Waals surface area contributed by atoms with Gasteiger partial charge in [-0.1, -0.05) is 32.4 Å². The first-order chi connectivity index (χ1) is 5.22. The van der Waals surface area contributed by atoms with E-state index < -0.39 is 10.2 Å². The Morgan fingerprint density at radius 1 is 1.25 bits per heavy atom. The van der Waals surface area contributed by atoms with Crippen LogP contribution in [0, 0.1) is 5.41 Å². The number of hydrogen-bond donors (Lipinski definition) is 0. The monoisotopic (exact) mass is 208 g/mol. The van der Waals surface area contributed by atoms with Crippen LogP contribution in [0.15, 0.2) is 8.80 Å². The zero-order chi connectivity index (χ0) is 9.57. The van der Waals surface area contributed by atoms with Crippen molar-refractivity contribution in [3.63, 3.8) is 0 Å². The Balaban J connectivity index is 3.23. The maximum absolute atomic E-state index is 10.8. The van der Waals surface area contributed by atoms with Crippen molar-refractivity contribution in [1.29, 1.82) is 0 Å². The van der Waals surface area contributed by atoms with Gasteiger partial charge in [-0.3, -0.25) is 0 Å².